The number of carbonyl (C=O) groups is 1. The molecule has 2 heterocycles. The predicted molar refractivity (Wildman–Crippen MR) is 97.6 cm³/mol. The van der Waals surface area contributed by atoms with E-state index in [4.69, 9.17) is 16.2 Å². The summed E-state index contributed by atoms with van der Waals surface area (Å²) in [4.78, 5) is 20.8. The first-order valence-electron chi connectivity index (χ1n) is 7.99. The molecule has 1 aliphatic heterocycles. The number of carbonyl (C=O) groups excluding carboxylic acids is 1. The minimum absolute atomic E-state index is 0.0154. The van der Waals surface area contributed by atoms with Crippen LogP contribution in [0.1, 0.15) is 29.8 Å². The van der Waals surface area contributed by atoms with Gasteiger partial charge in [0.15, 0.2) is 5.60 Å². The molecule has 1 aliphatic rings. The molecule has 0 spiro atoms. The predicted octanol–water partition coefficient (Wildman–Crippen LogP) is 3.12. The summed E-state index contributed by atoms with van der Waals surface area (Å²) in [6.07, 6.45) is 0. The van der Waals surface area contributed by atoms with E-state index >= 15 is 0 Å². The number of rotatable bonds is 1. The zero-order valence-electron chi connectivity index (χ0n) is 14.3. The van der Waals surface area contributed by atoms with Crippen LogP contribution in [0, 0.1) is 6.92 Å². The van der Waals surface area contributed by atoms with Gasteiger partial charge >= 0.3 is 0 Å². The molecule has 2 aromatic carbocycles. The van der Waals surface area contributed by atoms with Crippen LogP contribution in [0.3, 0.4) is 0 Å². The lowest BCUT2D eigenvalue weighted by Gasteiger charge is -2.17. The van der Waals surface area contributed by atoms with Crippen molar-refractivity contribution in [3.63, 3.8) is 0 Å². The van der Waals surface area contributed by atoms with Crippen molar-refractivity contribution in [3.8, 4) is 16.9 Å². The zero-order chi connectivity index (χ0) is 17.9. The molecule has 25 heavy (non-hydrogen) atoms. The van der Waals surface area contributed by atoms with Crippen LogP contribution in [0.5, 0.6) is 5.75 Å². The number of ether oxygens (including phenoxy) is 1. The Bertz CT molecular complexity index is 1060. The molecule has 0 fully saturated rings. The molecule has 0 aliphatic carbocycles. The SMILES string of the molecule is Cc1c(-c2cccc3c2OC(C)(C)C3=O)ccc2nc(N)nc(N)c12. The second kappa shape index (κ2) is 4.92. The van der Waals surface area contributed by atoms with Gasteiger partial charge in [0.1, 0.15) is 11.6 Å². The summed E-state index contributed by atoms with van der Waals surface area (Å²) in [5.41, 5.74) is 14.9. The van der Waals surface area contributed by atoms with E-state index in [1.807, 2.05) is 31.2 Å². The molecule has 4 N–H and O–H groups in total. The number of fused-ring (bicyclic) bond motifs is 2. The van der Waals surface area contributed by atoms with Gasteiger partial charge in [-0.15, -0.1) is 0 Å². The average Bonchev–Trinajstić information content (AvgIpc) is 2.77. The Morgan fingerprint density at radius 1 is 1.00 bits per heavy atom. The third kappa shape index (κ3) is 2.14. The van der Waals surface area contributed by atoms with Gasteiger partial charge in [-0.05, 0) is 44.0 Å². The van der Waals surface area contributed by atoms with Crippen LogP contribution >= 0.6 is 0 Å². The summed E-state index contributed by atoms with van der Waals surface area (Å²) in [6, 6.07) is 9.40. The molecule has 6 heteroatoms. The second-order valence-corrected chi connectivity index (χ2v) is 6.72. The molecule has 126 valence electrons. The van der Waals surface area contributed by atoms with Gasteiger partial charge in [0.2, 0.25) is 11.7 Å². The van der Waals surface area contributed by atoms with E-state index in [1.54, 1.807) is 19.9 Å². The van der Waals surface area contributed by atoms with E-state index in [-0.39, 0.29) is 11.7 Å². The summed E-state index contributed by atoms with van der Waals surface area (Å²) in [5, 5.41) is 0.757. The number of nitrogens with zero attached hydrogens (tertiary/aromatic N) is 2. The maximum atomic E-state index is 12.5. The molecule has 0 bridgehead atoms. The van der Waals surface area contributed by atoms with Gasteiger partial charge in [0.05, 0.1) is 11.1 Å². The lowest BCUT2D eigenvalue weighted by molar-refractivity contribution is 0.0685. The Kier molecular flexibility index (Phi) is 3.03. The van der Waals surface area contributed by atoms with Crippen molar-refractivity contribution in [2.45, 2.75) is 26.4 Å². The first-order valence-corrected chi connectivity index (χ1v) is 7.99. The lowest BCUT2D eigenvalue weighted by Crippen LogP contribution is -2.31. The van der Waals surface area contributed by atoms with Crippen molar-refractivity contribution < 1.29 is 9.53 Å². The summed E-state index contributed by atoms with van der Waals surface area (Å²) in [5.74, 6) is 1.08. The van der Waals surface area contributed by atoms with Gasteiger partial charge in [0.25, 0.3) is 0 Å². The zero-order valence-corrected chi connectivity index (χ0v) is 14.3. The molecule has 0 atom stereocenters. The minimum Gasteiger partial charge on any atom is -0.478 e. The van der Waals surface area contributed by atoms with Gasteiger partial charge in [-0.2, -0.15) is 4.98 Å². The lowest BCUT2D eigenvalue weighted by atomic mass is 9.93. The summed E-state index contributed by atoms with van der Waals surface area (Å²) in [7, 11) is 0. The number of hydrogen-bond donors (Lipinski definition) is 2. The van der Waals surface area contributed by atoms with Crippen molar-refractivity contribution in [1.82, 2.24) is 9.97 Å². The van der Waals surface area contributed by atoms with Crippen molar-refractivity contribution in [1.29, 1.82) is 0 Å². The number of ketones is 1. The van der Waals surface area contributed by atoms with Crippen LogP contribution in [-0.4, -0.2) is 21.4 Å². The van der Waals surface area contributed by atoms with E-state index in [0.717, 1.165) is 22.1 Å². The smallest absolute Gasteiger partial charge is 0.222 e. The fourth-order valence-electron chi connectivity index (χ4n) is 3.40. The van der Waals surface area contributed by atoms with Gasteiger partial charge in [-0.3, -0.25) is 4.79 Å². The van der Waals surface area contributed by atoms with E-state index in [9.17, 15) is 4.79 Å². The molecule has 0 saturated heterocycles. The summed E-state index contributed by atoms with van der Waals surface area (Å²) in [6.45, 7) is 5.51. The molecule has 0 radical (unpaired) electrons. The van der Waals surface area contributed by atoms with Crippen molar-refractivity contribution in [2.24, 2.45) is 0 Å². The highest BCUT2D eigenvalue weighted by Crippen LogP contribution is 2.44. The highest BCUT2D eigenvalue weighted by molar-refractivity contribution is 6.09. The van der Waals surface area contributed by atoms with Crippen LogP contribution in [0.15, 0.2) is 30.3 Å². The Morgan fingerprint density at radius 3 is 2.48 bits per heavy atom. The molecule has 0 unspecified atom stereocenters. The van der Waals surface area contributed by atoms with E-state index in [1.165, 1.54) is 0 Å². The van der Waals surface area contributed by atoms with Crippen molar-refractivity contribution >= 4 is 28.5 Å². The topological polar surface area (TPSA) is 104 Å². The number of nitrogens with two attached hydrogens (primary N) is 2. The fraction of sp³-hybridized carbons (Fsp3) is 0.211. The number of aromatic nitrogens is 2. The molecule has 6 nitrogen and oxygen atoms in total. The van der Waals surface area contributed by atoms with Gasteiger partial charge in [-0.1, -0.05) is 18.2 Å². The Hall–Kier alpha value is -3.15. The quantitative estimate of drug-likeness (QED) is 0.708. The Labute approximate surface area is 144 Å². The van der Waals surface area contributed by atoms with E-state index in [2.05, 4.69) is 9.97 Å². The molecule has 0 amide bonds. The number of para-hydroxylation sites is 1. The van der Waals surface area contributed by atoms with Gasteiger partial charge in [0, 0.05) is 10.9 Å². The largest absolute Gasteiger partial charge is 0.478 e. The molecular weight excluding hydrogens is 316 g/mol. The summed E-state index contributed by atoms with van der Waals surface area (Å²) >= 11 is 0. The number of anilines is 2. The van der Waals surface area contributed by atoms with Crippen LogP contribution in [0.25, 0.3) is 22.0 Å². The van der Waals surface area contributed by atoms with Crippen LogP contribution in [0.4, 0.5) is 11.8 Å². The molecule has 4 rings (SSSR count). The first kappa shape index (κ1) is 15.4. The maximum absolute atomic E-state index is 12.5. The first-order chi connectivity index (χ1) is 11.8. The molecule has 3 aromatic rings. The van der Waals surface area contributed by atoms with E-state index in [0.29, 0.717) is 22.6 Å². The van der Waals surface area contributed by atoms with Crippen molar-refractivity contribution in [3.05, 3.63) is 41.5 Å². The van der Waals surface area contributed by atoms with Crippen molar-refractivity contribution in [2.75, 3.05) is 11.5 Å². The highest BCUT2D eigenvalue weighted by Gasteiger charge is 2.41. The van der Waals surface area contributed by atoms with Crippen LogP contribution < -0.4 is 16.2 Å². The van der Waals surface area contributed by atoms with Crippen LogP contribution in [0.2, 0.25) is 0 Å². The molecular formula is C19H18N4O2. The monoisotopic (exact) mass is 334 g/mol. The Morgan fingerprint density at radius 2 is 1.72 bits per heavy atom. The third-order valence-electron chi connectivity index (χ3n) is 4.62. The van der Waals surface area contributed by atoms with E-state index < -0.39 is 5.60 Å². The standard InChI is InChI=1S/C19H18N4O2/c1-9-10(7-8-13-14(9)17(20)23-18(21)22-13)11-5-4-6-12-15(11)25-19(2,3)16(12)24/h4-8H,1-3H3,(H4,20,21,22,23). The minimum atomic E-state index is -0.861. The molecule has 0 saturated carbocycles. The van der Waals surface area contributed by atoms with Gasteiger partial charge in [-0.25, -0.2) is 4.98 Å². The number of Topliss-reactive ketones (excluding diaryl/α,β-unsaturated/α-hetero) is 1. The maximum Gasteiger partial charge on any atom is 0.222 e. The summed E-state index contributed by atoms with van der Waals surface area (Å²) < 4.78 is 5.98. The number of benzene rings is 2. The normalized spacial score (nSPS) is 15.2. The Balaban J connectivity index is 2.00. The highest BCUT2D eigenvalue weighted by atomic mass is 16.5. The van der Waals surface area contributed by atoms with Crippen LogP contribution in [-0.2, 0) is 0 Å². The van der Waals surface area contributed by atoms with Gasteiger partial charge < -0.3 is 16.2 Å². The second-order valence-electron chi connectivity index (χ2n) is 6.72. The number of hydrogen-bond acceptors (Lipinski definition) is 6. The number of nitrogen functional groups attached to an aromatic ring is 2. The average molecular weight is 334 g/mol. The third-order valence-corrected chi connectivity index (χ3v) is 4.62. The molecule has 1 aromatic heterocycles. The fourth-order valence-corrected chi connectivity index (χ4v) is 3.40. The number of aryl methyl sites for hydroxylation is 1.